The van der Waals surface area contributed by atoms with Crippen molar-refractivity contribution in [1.82, 2.24) is 4.90 Å². The van der Waals surface area contributed by atoms with E-state index in [1.165, 1.54) is 25.3 Å². The third kappa shape index (κ3) is 5.00. The smallest absolute Gasteiger partial charge is 0.308 e. The first-order valence-corrected chi connectivity index (χ1v) is 12.2. The topological polar surface area (TPSA) is 111 Å². The Morgan fingerprint density at radius 3 is 2.65 bits per heavy atom. The molecule has 0 aliphatic carbocycles. The van der Waals surface area contributed by atoms with E-state index >= 15 is 0 Å². The molecule has 1 fully saturated rings. The van der Waals surface area contributed by atoms with Gasteiger partial charge in [-0.3, -0.25) is 14.3 Å². The summed E-state index contributed by atoms with van der Waals surface area (Å²) in [7, 11) is -0.997. The van der Waals surface area contributed by atoms with E-state index in [-0.39, 0.29) is 53.2 Å². The van der Waals surface area contributed by atoms with Gasteiger partial charge in [0.05, 0.1) is 36.1 Å². The summed E-state index contributed by atoms with van der Waals surface area (Å²) in [4.78, 5) is 26.3. The van der Waals surface area contributed by atoms with Gasteiger partial charge in [0, 0.05) is 12.7 Å². The summed E-state index contributed by atoms with van der Waals surface area (Å²) in [6.07, 6.45) is 0.582. The molecule has 0 aromatic heterocycles. The number of esters is 1. The molecule has 4 rings (SSSR count). The Morgan fingerprint density at radius 1 is 1.21 bits per heavy atom. The quantitative estimate of drug-likeness (QED) is 0.639. The van der Waals surface area contributed by atoms with Gasteiger partial charge in [-0.2, -0.15) is 0 Å². The van der Waals surface area contributed by atoms with Gasteiger partial charge in [-0.05, 0) is 55.3 Å². The summed E-state index contributed by atoms with van der Waals surface area (Å²) < 4.78 is 57.5. The van der Waals surface area contributed by atoms with Crippen LogP contribution >= 0.6 is 0 Å². The second-order valence-electron chi connectivity index (χ2n) is 8.22. The summed E-state index contributed by atoms with van der Waals surface area (Å²) in [5.74, 6) is -0.964. The minimum Gasteiger partial charge on any atom is -0.490 e. The molecule has 2 aliphatic heterocycles. The lowest BCUT2D eigenvalue weighted by Crippen LogP contribution is -2.53. The van der Waals surface area contributed by atoms with E-state index in [1.54, 1.807) is 11.9 Å². The number of benzene rings is 2. The second-order valence-corrected chi connectivity index (χ2v) is 9.90. The van der Waals surface area contributed by atoms with Gasteiger partial charge in [0.15, 0.2) is 0 Å². The number of fused-ring (bicyclic) bond motifs is 2. The maximum absolute atomic E-state index is 13.3. The van der Waals surface area contributed by atoms with Crippen molar-refractivity contribution < 1.29 is 36.6 Å². The molecule has 2 aromatic rings. The van der Waals surface area contributed by atoms with Crippen molar-refractivity contribution in [3.63, 3.8) is 0 Å². The Bertz CT molecular complexity index is 1190. The number of nitrogens with zero attached hydrogens (tertiary/aromatic N) is 1. The predicted molar refractivity (Wildman–Crippen MR) is 120 cm³/mol. The van der Waals surface area contributed by atoms with Crippen molar-refractivity contribution in [3.05, 3.63) is 53.8 Å². The fourth-order valence-corrected chi connectivity index (χ4v) is 5.24. The van der Waals surface area contributed by atoms with Gasteiger partial charge in [-0.1, -0.05) is 0 Å². The molecule has 182 valence electrons. The molecule has 11 heteroatoms. The third-order valence-electron chi connectivity index (χ3n) is 6.01. The van der Waals surface area contributed by atoms with Gasteiger partial charge in [0.1, 0.15) is 24.3 Å². The lowest BCUT2D eigenvalue weighted by Gasteiger charge is -2.42. The van der Waals surface area contributed by atoms with Crippen LogP contribution < -0.4 is 9.46 Å². The van der Waals surface area contributed by atoms with Crippen LogP contribution in [0.1, 0.15) is 29.6 Å². The predicted octanol–water partition coefficient (Wildman–Crippen LogP) is 2.57. The number of rotatable bonds is 5. The molecule has 1 saturated heterocycles. The first-order valence-electron chi connectivity index (χ1n) is 10.7. The van der Waals surface area contributed by atoms with Crippen molar-refractivity contribution in [2.24, 2.45) is 0 Å². The van der Waals surface area contributed by atoms with E-state index in [0.29, 0.717) is 18.6 Å². The number of hydrogen-bond acceptors (Lipinski definition) is 7. The molecule has 0 spiro atoms. The Hall–Kier alpha value is -3.18. The Morgan fingerprint density at radius 2 is 1.94 bits per heavy atom. The Balaban J connectivity index is 1.55. The van der Waals surface area contributed by atoms with E-state index in [9.17, 15) is 22.4 Å². The Labute approximate surface area is 196 Å². The van der Waals surface area contributed by atoms with Crippen molar-refractivity contribution >= 4 is 27.6 Å². The number of hydrogen-bond donors (Lipinski definition) is 1. The summed E-state index contributed by atoms with van der Waals surface area (Å²) in [6, 6.07) is 8.56. The highest BCUT2D eigenvalue weighted by molar-refractivity contribution is 7.92. The molecule has 0 saturated carbocycles. The van der Waals surface area contributed by atoms with E-state index in [0.717, 1.165) is 24.3 Å². The monoisotopic (exact) mass is 492 g/mol. The first kappa shape index (κ1) is 24.0. The third-order valence-corrected chi connectivity index (χ3v) is 7.41. The van der Waals surface area contributed by atoms with Gasteiger partial charge in [-0.15, -0.1) is 0 Å². The minimum atomic E-state index is -3.98. The molecule has 34 heavy (non-hydrogen) atoms. The fraction of sp³-hybridized carbons (Fsp3) is 0.391. The molecule has 1 amide bonds. The van der Waals surface area contributed by atoms with Gasteiger partial charge in [0.2, 0.25) is 0 Å². The van der Waals surface area contributed by atoms with Crippen molar-refractivity contribution in [2.75, 3.05) is 25.5 Å². The maximum atomic E-state index is 13.3. The van der Waals surface area contributed by atoms with E-state index in [4.69, 9.17) is 14.2 Å². The van der Waals surface area contributed by atoms with Crippen LogP contribution in [0.15, 0.2) is 47.4 Å². The SMILES string of the molecule is COC(=O)C[C@H]1CC[C@H]2[C@H](COc3ccc(NS(=O)(=O)c4ccc(F)cc4)cc3C(=O)N2C)O1. The molecule has 9 nitrogen and oxygen atoms in total. The van der Waals surface area contributed by atoms with Crippen LogP contribution in [-0.2, 0) is 24.3 Å². The van der Waals surface area contributed by atoms with Crippen LogP contribution in [0.25, 0.3) is 0 Å². The van der Waals surface area contributed by atoms with Gasteiger partial charge < -0.3 is 19.1 Å². The number of halogens is 1. The number of sulfonamides is 1. The molecule has 2 heterocycles. The first-order chi connectivity index (χ1) is 16.2. The number of ether oxygens (including phenoxy) is 3. The van der Waals surface area contributed by atoms with Crippen molar-refractivity contribution in [3.8, 4) is 5.75 Å². The number of carbonyl (C=O) groups excluding carboxylic acids is 2. The zero-order chi connectivity index (χ0) is 24.5. The number of nitrogens with one attached hydrogen (secondary N) is 1. The lowest BCUT2D eigenvalue weighted by atomic mass is 9.94. The van der Waals surface area contributed by atoms with Crippen LogP contribution in [-0.4, -0.2) is 64.2 Å². The van der Waals surface area contributed by atoms with E-state index in [2.05, 4.69) is 4.72 Å². The summed E-state index contributed by atoms with van der Waals surface area (Å²) in [6.45, 7) is 0.160. The van der Waals surface area contributed by atoms with Crippen LogP contribution in [0, 0.1) is 5.82 Å². The molecule has 0 unspecified atom stereocenters. The number of carbonyl (C=O) groups is 2. The average molecular weight is 493 g/mol. The number of methoxy groups -OCH3 is 1. The second kappa shape index (κ2) is 9.59. The average Bonchev–Trinajstić information content (AvgIpc) is 2.81. The van der Waals surface area contributed by atoms with E-state index < -0.39 is 21.9 Å². The molecule has 0 bridgehead atoms. The number of likely N-dealkylation sites (N-methyl/N-ethyl adjacent to an activating group) is 1. The molecule has 2 aromatic carbocycles. The molecule has 2 aliphatic rings. The van der Waals surface area contributed by atoms with Crippen LogP contribution in [0.4, 0.5) is 10.1 Å². The van der Waals surface area contributed by atoms with Crippen molar-refractivity contribution in [2.45, 2.75) is 42.4 Å². The highest BCUT2D eigenvalue weighted by atomic mass is 32.2. The number of amides is 1. The zero-order valence-corrected chi connectivity index (χ0v) is 19.5. The van der Waals surface area contributed by atoms with Crippen molar-refractivity contribution in [1.29, 1.82) is 0 Å². The molecule has 3 atom stereocenters. The van der Waals surface area contributed by atoms with Crippen LogP contribution in [0.3, 0.4) is 0 Å². The highest BCUT2D eigenvalue weighted by Gasteiger charge is 2.39. The number of anilines is 1. The molecule has 1 N–H and O–H groups in total. The molecular weight excluding hydrogens is 467 g/mol. The normalized spacial score (nSPS) is 22.5. The van der Waals surface area contributed by atoms with Gasteiger partial charge in [-0.25, -0.2) is 12.8 Å². The summed E-state index contributed by atoms with van der Waals surface area (Å²) in [5, 5.41) is 0. The fourth-order valence-electron chi connectivity index (χ4n) is 4.19. The Kier molecular flexibility index (Phi) is 6.76. The summed E-state index contributed by atoms with van der Waals surface area (Å²) in [5.41, 5.74) is 0.375. The largest absolute Gasteiger partial charge is 0.490 e. The van der Waals surface area contributed by atoms with Gasteiger partial charge in [0.25, 0.3) is 15.9 Å². The lowest BCUT2D eigenvalue weighted by molar-refractivity contribution is -0.151. The zero-order valence-electron chi connectivity index (χ0n) is 18.7. The highest BCUT2D eigenvalue weighted by Crippen LogP contribution is 2.33. The van der Waals surface area contributed by atoms with Crippen LogP contribution in [0.2, 0.25) is 0 Å². The van der Waals surface area contributed by atoms with Crippen LogP contribution in [0.5, 0.6) is 5.75 Å². The maximum Gasteiger partial charge on any atom is 0.308 e. The minimum absolute atomic E-state index is 0.107. The van der Waals surface area contributed by atoms with Gasteiger partial charge >= 0.3 is 5.97 Å². The summed E-state index contributed by atoms with van der Waals surface area (Å²) >= 11 is 0. The van der Waals surface area contributed by atoms with E-state index in [1.807, 2.05) is 0 Å². The molecule has 0 radical (unpaired) electrons. The standard InChI is InChI=1S/C23H25FN2O7S/c1-26-19-9-6-16(12-22(27)31-2)33-21(19)13-32-20-10-5-15(11-18(20)23(26)28)25-34(29,30)17-7-3-14(24)4-8-17/h3-5,7-8,10-11,16,19,21,25H,6,9,12-13H2,1-2H3/t16-,19+,21+/m1/s1. The molecular formula is C23H25FN2O7S.